The average Bonchev–Trinajstić information content (AvgIpc) is 2.94. The first-order chi connectivity index (χ1) is 20.0. The van der Waals surface area contributed by atoms with Crippen molar-refractivity contribution < 1.29 is 59.5 Å². The third-order valence-electron chi connectivity index (χ3n) is 5.11. The van der Waals surface area contributed by atoms with E-state index in [4.69, 9.17) is 46.4 Å². The average molecular weight is 740 g/mol. The van der Waals surface area contributed by atoms with Gasteiger partial charge >= 0.3 is 17.1 Å². The summed E-state index contributed by atoms with van der Waals surface area (Å²) in [6, 6.07) is 17.4. The number of amides is 2. The third-order valence-corrected chi connectivity index (χ3v) is 6.11. The molecule has 4 N–H and O–H groups in total. The summed E-state index contributed by atoms with van der Waals surface area (Å²) in [4.78, 5) is 23.5. The van der Waals surface area contributed by atoms with Crippen LogP contribution in [-0.2, 0) is 17.1 Å². The van der Waals surface area contributed by atoms with E-state index >= 15 is 0 Å². The van der Waals surface area contributed by atoms with Gasteiger partial charge < -0.3 is 32.8 Å². The zero-order chi connectivity index (χ0) is 30.8. The van der Waals surface area contributed by atoms with Crippen LogP contribution in [0.5, 0.6) is 23.0 Å². The van der Waals surface area contributed by atoms with Crippen molar-refractivity contribution in [2.45, 2.75) is 0 Å². The number of carbonyl (C=O) groups excluding carboxylic acids is 2. The molecule has 229 valence electrons. The number of hydrogen-bond donors (Lipinski definition) is 4. The van der Waals surface area contributed by atoms with E-state index in [2.05, 4.69) is 21.1 Å². The van der Waals surface area contributed by atoms with Crippen LogP contribution in [0, 0.1) is 0 Å². The van der Waals surface area contributed by atoms with Gasteiger partial charge in [0.2, 0.25) is 0 Å². The van der Waals surface area contributed by atoms with Gasteiger partial charge in [0.1, 0.15) is 11.5 Å². The van der Waals surface area contributed by atoms with Gasteiger partial charge in [-0.25, -0.2) is 10.9 Å². The number of hydrogen-bond acceptors (Lipinski definition) is 8. The summed E-state index contributed by atoms with van der Waals surface area (Å²) in [5.41, 5.74) is 4.83. The van der Waals surface area contributed by atoms with E-state index < -0.39 is 23.3 Å². The van der Waals surface area contributed by atoms with Crippen molar-refractivity contribution in [2.75, 3.05) is 0 Å². The summed E-state index contributed by atoms with van der Waals surface area (Å²) in [6.45, 7) is 0. The number of hydrazone groups is 2. The quantitative estimate of drug-likeness (QED) is 0.134. The third kappa shape index (κ3) is 10.8. The van der Waals surface area contributed by atoms with E-state index in [0.717, 1.165) is 12.4 Å². The van der Waals surface area contributed by atoms with Gasteiger partial charge in [0.05, 0.1) is 23.6 Å². The van der Waals surface area contributed by atoms with Gasteiger partial charge in [0, 0.05) is 20.1 Å². The molecule has 0 atom stereocenters. The maximum Gasteiger partial charge on any atom is 3.00 e. The topological polar surface area (TPSA) is 169 Å². The fraction of sp³-hybridized carbons (Fsp3) is 0. The van der Waals surface area contributed by atoms with Crippen LogP contribution in [0.4, 0.5) is 0 Å². The zero-order valence-electron chi connectivity index (χ0n) is 21.7. The fourth-order valence-electron chi connectivity index (χ4n) is 3.12. The number of nitrogens with one attached hydrogen (secondary N) is 2. The number of rotatable bonds is 6. The standard InChI is InChI=1S/2C14H10Cl2N2O3.ClH.Fe/c2*15-9-5-8(13(20)11(16)6-9)7-17-18-14(21)10-3-1-2-4-12(10)19;;/h2*1-7,19-20H,(H,18,21);1H;/q;;;+3/p-3/b2*17-7-;;. The second kappa shape index (κ2) is 18.2. The first-order valence-electron chi connectivity index (χ1n) is 11.5. The second-order valence-corrected chi connectivity index (χ2v) is 9.73. The molecule has 4 aromatic rings. The molecule has 0 saturated carbocycles. The molecule has 0 heterocycles. The molecule has 0 saturated heterocycles. The molecule has 0 spiro atoms. The number of aromatic hydroxyl groups is 2. The largest absolute Gasteiger partial charge is 3.00 e. The molecule has 0 bridgehead atoms. The van der Waals surface area contributed by atoms with Crippen molar-refractivity contribution in [2.24, 2.45) is 10.2 Å². The van der Waals surface area contributed by atoms with E-state index in [1.54, 1.807) is 24.3 Å². The molecule has 0 aliphatic heterocycles. The van der Waals surface area contributed by atoms with Gasteiger partial charge in [0.15, 0.2) is 0 Å². The Morgan fingerprint density at radius 2 is 1.00 bits per heavy atom. The van der Waals surface area contributed by atoms with Crippen LogP contribution in [0.3, 0.4) is 0 Å². The van der Waals surface area contributed by atoms with E-state index in [9.17, 15) is 30.0 Å². The van der Waals surface area contributed by atoms with E-state index in [1.807, 2.05) is 0 Å². The van der Waals surface area contributed by atoms with Gasteiger partial charge in [-0.2, -0.15) is 10.2 Å². The van der Waals surface area contributed by atoms with Crippen molar-refractivity contribution in [3.8, 4) is 23.0 Å². The molecule has 4 aromatic carbocycles. The van der Waals surface area contributed by atoms with Crippen molar-refractivity contribution >= 4 is 70.6 Å². The normalized spacial score (nSPS) is 10.3. The van der Waals surface area contributed by atoms with Gasteiger partial charge in [-0.3, -0.25) is 9.59 Å². The van der Waals surface area contributed by atoms with Crippen molar-refractivity contribution in [1.82, 2.24) is 10.9 Å². The zero-order valence-corrected chi connectivity index (χ0v) is 26.6. The number of phenols is 2. The van der Waals surface area contributed by atoms with Gasteiger partial charge in [-0.15, -0.1) is 0 Å². The SMILES string of the molecule is O=C(N/N=C\c1cc(Cl)cc(Cl)c1[O-])c1ccccc1O.O=C(N/N=C\c1cc(Cl)cc(Cl)c1[O-])c1ccccc1O.[Cl-].[Fe+3]. The molecule has 16 heteroatoms. The molecular formula is C28H18Cl5FeN4O6. The molecule has 4 rings (SSSR count). The Bertz CT molecular complexity index is 1570. The van der Waals surface area contributed by atoms with Gasteiger partial charge in [-0.1, -0.05) is 82.2 Å². The first kappa shape index (κ1) is 38.4. The summed E-state index contributed by atoms with van der Waals surface area (Å²) in [5.74, 6) is -2.43. The summed E-state index contributed by atoms with van der Waals surface area (Å²) in [5, 5.41) is 50.2. The molecule has 1 radical (unpaired) electrons. The van der Waals surface area contributed by atoms with Crippen LogP contribution in [0.1, 0.15) is 31.8 Å². The molecule has 0 aliphatic rings. The molecular weight excluding hydrogens is 721 g/mol. The van der Waals surface area contributed by atoms with Crippen LogP contribution in [0.25, 0.3) is 0 Å². The minimum Gasteiger partial charge on any atom is -1.00 e. The maximum atomic E-state index is 11.8. The molecule has 0 unspecified atom stereocenters. The number of halogens is 5. The number of nitrogens with zero attached hydrogens (tertiary/aromatic N) is 2. The Kier molecular flexibility index (Phi) is 15.9. The molecule has 10 nitrogen and oxygen atoms in total. The number of phenolic OH excluding ortho intramolecular Hbond substituents is 2. The minimum atomic E-state index is -0.607. The van der Waals surface area contributed by atoms with Crippen molar-refractivity contribution in [1.29, 1.82) is 0 Å². The van der Waals surface area contributed by atoms with Crippen LogP contribution in [0.2, 0.25) is 20.1 Å². The summed E-state index contributed by atoms with van der Waals surface area (Å²) in [6.07, 6.45) is 2.27. The second-order valence-electron chi connectivity index (χ2n) is 8.04. The first-order valence-corrected chi connectivity index (χ1v) is 13.0. The van der Waals surface area contributed by atoms with Gasteiger partial charge in [-0.05, 0) is 59.7 Å². The smallest absolute Gasteiger partial charge is 1.00 e. The molecule has 0 fully saturated rings. The minimum absolute atomic E-state index is 0. The summed E-state index contributed by atoms with van der Waals surface area (Å²) in [7, 11) is 0. The Morgan fingerprint density at radius 1 is 0.659 bits per heavy atom. The maximum absolute atomic E-state index is 11.8. The van der Waals surface area contributed by atoms with Crippen LogP contribution in [0.15, 0.2) is 83.0 Å². The summed E-state index contributed by atoms with van der Waals surface area (Å²) < 4.78 is 0. The number of benzene rings is 4. The molecule has 0 aromatic heterocycles. The number of carbonyl (C=O) groups is 2. The monoisotopic (exact) mass is 737 g/mol. The summed E-state index contributed by atoms with van der Waals surface area (Å²) >= 11 is 22.9. The Balaban J connectivity index is 0.000000421. The molecule has 2 amide bonds. The van der Waals surface area contributed by atoms with Crippen LogP contribution >= 0.6 is 46.4 Å². The Morgan fingerprint density at radius 3 is 1.34 bits per heavy atom. The van der Waals surface area contributed by atoms with Gasteiger partial charge in [0.25, 0.3) is 11.8 Å². The van der Waals surface area contributed by atoms with E-state index in [1.165, 1.54) is 48.5 Å². The Labute approximate surface area is 287 Å². The molecule has 0 aliphatic carbocycles. The predicted molar refractivity (Wildman–Crippen MR) is 158 cm³/mol. The number of para-hydroxylation sites is 2. The van der Waals surface area contributed by atoms with E-state index in [-0.39, 0.29) is 83.3 Å². The fourth-order valence-corrected chi connectivity index (χ4v) is 4.14. The van der Waals surface area contributed by atoms with Crippen LogP contribution in [-0.4, -0.2) is 34.5 Å². The predicted octanol–water partition coefficient (Wildman–Crippen LogP) is 2.07. The Hall–Kier alpha value is -3.67. The van der Waals surface area contributed by atoms with Crippen molar-refractivity contribution in [3.63, 3.8) is 0 Å². The van der Waals surface area contributed by atoms with E-state index in [0.29, 0.717) is 0 Å². The van der Waals surface area contributed by atoms with Crippen LogP contribution < -0.4 is 33.5 Å². The van der Waals surface area contributed by atoms with Crippen molar-refractivity contribution in [3.05, 3.63) is 115 Å². The molecule has 44 heavy (non-hydrogen) atoms.